The zero-order valence-electron chi connectivity index (χ0n) is 16.2. The topological polar surface area (TPSA) is 71.3 Å². The molecular formula is C22H23ClN2O3. The number of rotatable bonds is 5. The molecule has 28 heavy (non-hydrogen) atoms. The quantitative estimate of drug-likeness (QED) is 0.403. The number of hydrogen-bond donors (Lipinski definition) is 2. The van der Waals surface area contributed by atoms with Crippen molar-refractivity contribution in [1.29, 1.82) is 0 Å². The summed E-state index contributed by atoms with van der Waals surface area (Å²) in [6, 6.07) is 5.45. The standard InChI is InChI=1S/C22H23ClN2O3/c1-5-6-18(23)20(14(4)26)22(28)25-13(3)12(2)17-11-16(9-10-19(17)25)24-21(27)15-7-8-15/h5-6,9-11,15,26H,1,7-8H2,2-4H3,(H,24,27)/b18-6+,20-14-. The van der Waals surface area contributed by atoms with E-state index in [4.69, 9.17) is 11.6 Å². The number of halogens is 1. The minimum absolute atomic E-state index is 0.0210. The number of nitrogens with one attached hydrogen (secondary N) is 1. The maximum absolute atomic E-state index is 13.2. The lowest BCUT2D eigenvalue weighted by molar-refractivity contribution is -0.117. The summed E-state index contributed by atoms with van der Waals surface area (Å²) in [5, 5.41) is 14.0. The number of allylic oxidation sites excluding steroid dienone is 5. The van der Waals surface area contributed by atoms with Gasteiger partial charge < -0.3 is 10.4 Å². The third kappa shape index (κ3) is 3.62. The van der Waals surface area contributed by atoms with Crippen LogP contribution in [0.5, 0.6) is 0 Å². The molecule has 0 saturated heterocycles. The van der Waals surface area contributed by atoms with Crippen LogP contribution in [0, 0.1) is 19.8 Å². The van der Waals surface area contributed by atoms with Crippen molar-refractivity contribution in [2.75, 3.05) is 5.32 Å². The van der Waals surface area contributed by atoms with E-state index in [1.165, 1.54) is 23.6 Å². The van der Waals surface area contributed by atoms with Gasteiger partial charge in [0.05, 0.1) is 16.1 Å². The van der Waals surface area contributed by atoms with E-state index in [1.54, 1.807) is 12.1 Å². The monoisotopic (exact) mass is 398 g/mol. The van der Waals surface area contributed by atoms with Crippen LogP contribution in [-0.4, -0.2) is 21.5 Å². The molecule has 1 aromatic carbocycles. The fourth-order valence-electron chi connectivity index (χ4n) is 3.23. The highest BCUT2D eigenvalue weighted by molar-refractivity contribution is 6.36. The maximum atomic E-state index is 13.2. The van der Waals surface area contributed by atoms with Gasteiger partial charge in [-0.1, -0.05) is 24.3 Å². The Morgan fingerprint density at radius 3 is 2.57 bits per heavy atom. The minimum atomic E-state index is -0.423. The van der Waals surface area contributed by atoms with Crippen LogP contribution >= 0.6 is 11.6 Å². The van der Waals surface area contributed by atoms with Crippen molar-refractivity contribution in [1.82, 2.24) is 4.57 Å². The Morgan fingerprint density at radius 1 is 1.32 bits per heavy atom. The third-order valence-electron chi connectivity index (χ3n) is 5.02. The molecule has 0 atom stereocenters. The molecule has 6 heteroatoms. The van der Waals surface area contributed by atoms with Gasteiger partial charge in [-0.3, -0.25) is 14.2 Å². The largest absolute Gasteiger partial charge is 0.512 e. The van der Waals surface area contributed by atoms with E-state index in [9.17, 15) is 14.7 Å². The van der Waals surface area contributed by atoms with Gasteiger partial charge in [-0.2, -0.15) is 0 Å². The van der Waals surface area contributed by atoms with E-state index in [2.05, 4.69) is 11.9 Å². The zero-order chi connectivity index (χ0) is 20.6. The van der Waals surface area contributed by atoms with E-state index < -0.39 is 5.91 Å². The van der Waals surface area contributed by atoms with Crippen molar-refractivity contribution in [3.8, 4) is 0 Å². The summed E-state index contributed by atoms with van der Waals surface area (Å²) in [7, 11) is 0. The highest BCUT2D eigenvalue weighted by Gasteiger charge is 2.30. The molecular weight excluding hydrogens is 376 g/mol. The molecule has 1 aromatic heterocycles. The molecule has 146 valence electrons. The first kappa shape index (κ1) is 20.0. The first-order chi connectivity index (χ1) is 13.3. The number of aliphatic hydroxyl groups excluding tert-OH is 1. The van der Waals surface area contributed by atoms with E-state index in [1.807, 2.05) is 19.9 Å². The molecule has 0 unspecified atom stereocenters. The summed E-state index contributed by atoms with van der Waals surface area (Å²) in [6.45, 7) is 8.76. The first-order valence-electron chi connectivity index (χ1n) is 9.12. The summed E-state index contributed by atoms with van der Waals surface area (Å²) in [5.41, 5.74) is 3.08. The summed E-state index contributed by atoms with van der Waals surface area (Å²) < 4.78 is 1.53. The Kier molecular flexibility index (Phi) is 5.47. The van der Waals surface area contributed by atoms with Gasteiger partial charge in [0.1, 0.15) is 5.76 Å². The second-order valence-corrected chi connectivity index (χ2v) is 7.46. The molecule has 2 N–H and O–H groups in total. The Labute approximate surface area is 169 Å². The number of carbonyl (C=O) groups excluding carboxylic acids is 2. The Balaban J connectivity index is 2.08. The first-order valence-corrected chi connectivity index (χ1v) is 9.49. The van der Waals surface area contributed by atoms with Crippen molar-refractivity contribution in [3.05, 3.63) is 64.6 Å². The van der Waals surface area contributed by atoms with Gasteiger partial charge in [-0.25, -0.2) is 0 Å². The van der Waals surface area contributed by atoms with E-state index >= 15 is 0 Å². The van der Waals surface area contributed by atoms with Gasteiger partial charge in [0, 0.05) is 22.7 Å². The van der Waals surface area contributed by atoms with Crippen LogP contribution in [0.25, 0.3) is 10.9 Å². The maximum Gasteiger partial charge on any atom is 0.267 e. The third-order valence-corrected chi connectivity index (χ3v) is 5.33. The predicted octanol–water partition coefficient (Wildman–Crippen LogP) is 5.39. The molecule has 1 amide bonds. The number of amides is 1. The molecule has 0 radical (unpaired) electrons. The van der Waals surface area contributed by atoms with Crippen LogP contribution in [0.15, 0.2) is 53.3 Å². The highest BCUT2D eigenvalue weighted by atomic mass is 35.5. The van der Waals surface area contributed by atoms with Gasteiger partial charge in [0.15, 0.2) is 0 Å². The number of nitrogens with zero attached hydrogens (tertiary/aromatic N) is 1. The van der Waals surface area contributed by atoms with Crippen molar-refractivity contribution in [2.45, 2.75) is 33.6 Å². The number of carbonyl (C=O) groups is 2. The number of aromatic nitrogens is 1. The lowest BCUT2D eigenvalue weighted by atomic mass is 10.1. The van der Waals surface area contributed by atoms with Gasteiger partial charge in [-0.05, 0) is 63.5 Å². The smallest absolute Gasteiger partial charge is 0.267 e. The van der Waals surface area contributed by atoms with Crippen LogP contribution in [0.1, 0.15) is 35.8 Å². The molecule has 1 saturated carbocycles. The minimum Gasteiger partial charge on any atom is -0.512 e. The zero-order valence-corrected chi connectivity index (χ0v) is 16.9. The fraction of sp³-hybridized carbons (Fsp3) is 0.273. The van der Waals surface area contributed by atoms with Crippen LogP contribution in [0.2, 0.25) is 0 Å². The SMILES string of the molecule is C=C/C=C(Cl)\C(C(=O)n1c(C)c(C)c2cc(NC(=O)C3CC3)ccc21)=C(/C)O. The van der Waals surface area contributed by atoms with Gasteiger partial charge in [-0.15, -0.1) is 0 Å². The lowest BCUT2D eigenvalue weighted by Crippen LogP contribution is -2.17. The van der Waals surface area contributed by atoms with Crippen molar-refractivity contribution < 1.29 is 14.7 Å². The Hall–Kier alpha value is -2.79. The number of aryl methyl sites for hydroxylation is 1. The van der Waals surface area contributed by atoms with Gasteiger partial charge in [0.25, 0.3) is 5.91 Å². The highest BCUT2D eigenvalue weighted by Crippen LogP contribution is 2.33. The average molecular weight is 399 g/mol. The second-order valence-electron chi connectivity index (χ2n) is 7.06. The normalized spacial score (nSPS) is 15.4. The molecule has 0 aliphatic heterocycles. The summed E-state index contributed by atoms with van der Waals surface area (Å²) >= 11 is 6.21. The molecule has 2 aromatic rings. The molecule has 1 aliphatic carbocycles. The summed E-state index contributed by atoms with van der Waals surface area (Å²) in [6.07, 6.45) is 4.80. The van der Waals surface area contributed by atoms with Gasteiger partial charge >= 0.3 is 0 Å². The molecule has 0 bridgehead atoms. The number of anilines is 1. The summed E-state index contributed by atoms with van der Waals surface area (Å²) in [4.78, 5) is 25.3. The fourth-order valence-corrected chi connectivity index (χ4v) is 3.54. The molecule has 1 heterocycles. The van der Waals surface area contributed by atoms with Crippen molar-refractivity contribution in [2.24, 2.45) is 5.92 Å². The van der Waals surface area contributed by atoms with Crippen molar-refractivity contribution in [3.63, 3.8) is 0 Å². The van der Waals surface area contributed by atoms with Crippen LogP contribution < -0.4 is 5.32 Å². The van der Waals surface area contributed by atoms with Crippen molar-refractivity contribution >= 4 is 40.0 Å². The number of fused-ring (bicyclic) bond motifs is 1. The Bertz CT molecular complexity index is 1050. The molecule has 1 aliphatic rings. The van der Waals surface area contributed by atoms with Gasteiger partial charge in [0.2, 0.25) is 5.91 Å². The van der Waals surface area contributed by atoms with E-state index in [0.717, 1.165) is 29.5 Å². The number of hydrogen-bond acceptors (Lipinski definition) is 3. The number of aliphatic hydroxyl groups is 1. The van der Waals surface area contributed by atoms with Crippen LogP contribution in [0.4, 0.5) is 5.69 Å². The molecule has 1 fully saturated rings. The Morgan fingerprint density at radius 2 is 2.00 bits per heavy atom. The predicted molar refractivity (Wildman–Crippen MR) is 113 cm³/mol. The molecule has 5 nitrogen and oxygen atoms in total. The summed E-state index contributed by atoms with van der Waals surface area (Å²) in [5.74, 6) is -0.441. The molecule has 0 spiro atoms. The molecule has 3 rings (SSSR count). The number of benzene rings is 1. The van der Waals surface area contributed by atoms with E-state index in [-0.39, 0.29) is 28.2 Å². The lowest BCUT2D eigenvalue weighted by Gasteiger charge is -2.11. The van der Waals surface area contributed by atoms with E-state index in [0.29, 0.717) is 11.2 Å². The van der Waals surface area contributed by atoms with Crippen LogP contribution in [0.3, 0.4) is 0 Å². The second kappa shape index (κ2) is 7.68. The average Bonchev–Trinajstić information content (AvgIpc) is 3.44. The van der Waals surface area contributed by atoms with Crippen LogP contribution in [-0.2, 0) is 4.79 Å².